The zero-order valence-electron chi connectivity index (χ0n) is 11.4. The highest BCUT2D eigenvalue weighted by atomic mass is 79.9. The van der Waals surface area contributed by atoms with Crippen LogP contribution in [0.4, 0.5) is 4.39 Å². The summed E-state index contributed by atoms with van der Waals surface area (Å²) in [6.45, 7) is 3.03. The van der Waals surface area contributed by atoms with Crippen LogP contribution in [0.15, 0.2) is 47.2 Å². The Hall–Kier alpha value is -1.26. The van der Waals surface area contributed by atoms with E-state index in [0.717, 1.165) is 35.0 Å². The monoisotopic (exact) mass is 336 g/mol. The molecule has 1 heterocycles. The van der Waals surface area contributed by atoms with Crippen LogP contribution in [0.3, 0.4) is 0 Å². The predicted molar refractivity (Wildman–Crippen MR) is 83.1 cm³/mol. The second-order valence-electron chi connectivity index (χ2n) is 4.78. The third-order valence-electron chi connectivity index (χ3n) is 3.09. The molecule has 1 atom stereocenters. The van der Waals surface area contributed by atoms with Gasteiger partial charge in [0.15, 0.2) is 0 Å². The van der Waals surface area contributed by atoms with Gasteiger partial charge in [-0.2, -0.15) is 0 Å². The van der Waals surface area contributed by atoms with E-state index in [4.69, 9.17) is 0 Å². The summed E-state index contributed by atoms with van der Waals surface area (Å²) in [5.41, 5.74) is 2.09. The molecule has 0 spiro atoms. The van der Waals surface area contributed by atoms with Gasteiger partial charge in [-0.1, -0.05) is 19.1 Å². The molecule has 1 aromatic carbocycles. The second-order valence-corrected chi connectivity index (χ2v) is 5.69. The number of nitrogens with one attached hydrogen (secondary N) is 1. The van der Waals surface area contributed by atoms with Crippen LogP contribution in [0.2, 0.25) is 0 Å². The van der Waals surface area contributed by atoms with Crippen LogP contribution in [0.5, 0.6) is 0 Å². The lowest BCUT2D eigenvalue weighted by atomic mass is 9.99. The molecule has 2 nitrogen and oxygen atoms in total. The first-order chi connectivity index (χ1) is 9.69. The minimum absolute atomic E-state index is 0.0988. The van der Waals surface area contributed by atoms with Gasteiger partial charge >= 0.3 is 0 Å². The van der Waals surface area contributed by atoms with E-state index in [1.54, 1.807) is 18.3 Å². The maximum absolute atomic E-state index is 13.4. The van der Waals surface area contributed by atoms with Crippen molar-refractivity contribution in [2.45, 2.75) is 25.8 Å². The van der Waals surface area contributed by atoms with Gasteiger partial charge in [-0.05, 0) is 64.6 Å². The Morgan fingerprint density at radius 3 is 2.85 bits per heavy atom. The maximum Gasteiger partial charge on any atom is 0.123 e. The number of aromatic nitrogens is 1. The van der Waals surface area contributed by atoms with Crippen molar-refractivity contribution in [3.05, 3.63) is 64.1 Å². The van der Waals surface area contributed by atoms with Gasteiger partial charge < -0.3 is 5.32 Å². The summed E-state index contributed by atoms with van der Waals surface area (Å²) in [6, 6.07) is 8.93. The number of benzene rings is 1. The number of nitrogens with zero attached hydrogens (tertiary/aromatic N) is 1. The van der Waals surface area contributed by atoms with Crippen molar-refractivity contribution in [3.8, 4) is 0 Å². The molecule has 0 fully saturated rings. The molecule has 1 unspecified atom stereocenters. The van der Waals surface area contributed by atoms with Crippen molar-refractivity contribution >= 4 is 15.9 Å². The van der Waals surface area contributed by atoms with Gasteiger partial charge in [0.1, 0.15) is 5.82 Å². The Labute approximate surface area is 127 Å². The molecule has 4 heteroatoms. The van der Waals surface area contributed by atoms with Crippen molar-refractivity contribution in [3.63, 3.8) is 0 Å². The lowest BCUT2D eigenvalue weighted by molar-refractivity contribution is 0.523. The van der Waals surface area contributed by atoms with Crippen molar-refractivity contribution in [2.24, 2.45) is 0 Å². The quantitative estimate of drug-likeness (QED) is 0.852. The molecule has 0 radical (unpaired) electrons. The third-order valence-corrected chi connectivity index (χ3v) is 3.53. The van der Waals surface area contributed by atoms with E-state index in [1.807, 2.05) is 18.3 Å². The van der Waals surface area contributed by atoms with E-state index in [0.29, 0.717) is 0 Å². The SMILES string of the molecule is CCCNC(Cc1cncc(Br)c1)c1cccc(F)c1. The van der Waals surface area contributed by atoms with Gasteiger partial charge in [0.2, 0.25) is 0 Å². The van der Waals surface area contributed by atoms with E-state index in [2.05, 4.69) is 33.2 Å². The minimum atomic E-state index is -0.196. The molecule has 0 saturated heterocycles. The third kappa shape index (κ3) is 4.39. The zero-order valence-corrected chi connectivity index (χ0v) is 13.0. The lowest BCUT2D eigenvalue weighted by Crippen LogP contribution is -2.24. The lowest BCUT2D eigenvalue weighted by Gasteiger charge is -2.19. The summed E-state index contributed by atoms with van der Waals surface area (Å²) in [6.07, 6.45) is 5.45. The standard InChI is InChI=1S/C16H18BrFN2/c1-2-6-20-16(13-4-3-5-15(18)9-13)8-12-7-14(17)11-19-10-12/h3-5,7,9-11,16,20H,2,6,8H2,1H3. The highest BCUT2D eigenvalue weighted by Crippen LogP contribution is 2.20. The normalized spacial score (nSPS) is 12.3. The molecule has 2 rings (SSSR count). The first-order valence-corrected chi connectivity index (χ1v) is 7.56. The highest BCUT2D eigenvalue weighted by Gasteiger charge is 2.12. The van der Waals surface area contributed by atoms with E-state index in [-0.39, 0.29) is 11.9 Å². The van der Waals surface area contributed by atoms with Gasteiger partial charge in [0.25, 0.3) is 0 Å². The van der Waals surface area contributed by atoms with Crippen LogP contribution >= 0.6 is 15.9 Å². The number of pyridine rings is 1. The molecule has 0 aliphatic rings. The van der Waals surface area contributed by atoms with Crippen LogP contribution in [-0.4, -0.2) is 11.5 Å². The number of rotatable bonds is 6. The molecule has 0 amide bonds. The Balaban J connectivity index is 2.19. The number of hydrogen-bond donors (Lipinski definition) is 1. The maximum atomic E-state index is 13.4. The van der Waals surface area contributed by atoms with Crippen molar-refractivity contribution < 1.29 is 4.39 Å². The average molecular weight is 337 g/mol. The minimum Gasteiger partial charge on any atom is -0.310 e. The fourth-order valence-corrected chi connectivity index (χ4v) is 2.57. The van der Waals surface area contributed by atoms with Crippen LogP contribution in [-0.2, 0) is 6.42 Å². The summed E-state index contributed by atoms with van der Waals surface area (Å²) in [7, 11) is 0. The zero-order chi connectivity index (χ0) is 14.4. The Morgan fingerprint density at radius 2 is 2.15 bits per heavy atom. The van der Waals surface area contributed by atoms with Gasteiger partial charge in [0.05, 0.1) is 0 Å². The second kappa shape index (κ2) is 7.50. The molecule has 0 aliphatic carbocycles. The van der Waals surface area contributed by atoms with Crippen LogP contribution in [0.25, 0.3) is 0 Å². The van der Waals surface area contributed by atoms with E-state index >= 15 is 0 Å². The molecule has 0 aliphatic heterocycles. The summed E-state index contributed by atoms with van der Waals surface area (Å²) < 4.78 is 14.4. The van der Waals surface area contributed by atoms with Crippen LogP contribution < -0.4 is 5.32 Å². The first-order valence-electron chi connectivity index (χ1n) is 6.77. The number of halogens is 2. The van der Waals surface area contributed by atoms with Crippen LogP contribution in [0, 0.1) is 5.82 Å². The average Bonchev–Trinajstić information content (AvgIpc) is 2.43. The highest BCUT2D eigenvalue weighted by molar-refractivity contribution is 9.10. The fraction of sp³-hybridized carbons (Fsp3) is 0.312. The smallest absolute Gasteiger partial charge is 0.123 e. The molecular weight excluding hydrogens is 319 g/mol. The number of hydrogen-bond acceptors (Lipinski definition) is 2. The molecule has 20 heavy (non-hydrogen) atoms. The fourth-order valence-electron chi connectivity index (χ4n) is 2.15. The topological polar surface area (TPSA) is 24.9 Å². The molecular formula is C16H18BrFN2. The molecule has 0 saturated carbocycles. The van der Waals surface area contributed by atoms with Crippen molar-refractivity contribution in [1.82, 2.24) is 10.3 Å². The van der Waals surface area contributed by atoms with E-state index < -0.39 is 0 Å². The Kier molecular flexibility index (Phi) is 5.68. The van der Waals surface area contributed by atoms with Crippen LogP contribution in [0.1, 0.15) is 30.5 Å². The summed E-state index contributed by atoms with van der Waals surface area (Å²) in [5, 5.41) is 3.47. The van der Waals surface area contributed by atoms with Gasteiger partial charge in [0, 0.05) is 22.9 Å². The summed E-state index contributed by atoms with van der Waals surface area (Å²) >= 11 is 3.43. The summed E-state index contributed by atoms with van der Waals surface area (Å²) in [4.78, 5) is 4.18. The first kappa shape index (κ1) is 15.1. The summed E-state index contributed by atoms with van der Waals surface area (Å²) in [5.74, 6) is -0.196. The molecule has 1 N–H and O–H groups in total. The van der Waals surface area contributed by atoms with Crippen molar-refractivity contribution in [1.29, 1.82) is 0 Å². The molecule has 106 valence electrons. The molecule has 1 aromatic heterocycles. The molecule has 0 bridgehead atoms. The largest absolute Gasteiger partial charge is 0.310 e. The predicted octanol–water partition coefficient (Wildman–Crippen LogP) is 4.27. The van der Waals surface area contributed by atoms with Crippen molar-refractivity contribution in [2.75, 3.05) is 6.54 Å². The Bertz CT molecular complexity index is 560. The Morgan fingerprint density at radius 1 is 1.30 bits per heavy atom. The molecule has 2 aromatic rings. The van der Waals surface area contributed by atoms with E-state index in [9.17, 15) is 4.39 Å². The van der Waals surface area contributed by atoms with Gasteiger partial charge in [-0.3, -0.25) is 4.98 Å². The van der Waals surface area contributed by atoms with Gasteiger partial charge in [-0.15, -0.1) is 0 Å². The van der Waals surface area contributed by atoms with E-state index in [1.165, 1.54) is 6.07 Å². The van der Waals surface area contributed by atoms with Gasteiger partial charge in [-0.25, -0.2) is 4.39 Å².